The first-order valence-corrected chi connectivity index (χ1v) is 8.12. The molecule has 0 unspecified atom stereocenters. The van der Waals surface area contributed by atoms with E-state index >= 15 is 0 Å². The minimum atomic E-state index is 0.0889. The molecule has 21 heavy (non-hydrogen) atoms. The van der Waals surface area contributed by atoms with Gasteiger partial charge in [-0.15, -0.1) is 0 Å². The number of rotatable bonds is 3. The molecule has 3 N–H and O–H groups in total. The molecule has 0 radical (unpaired) electrons. The van der Waals surface area contributed by atoms with Crippen LogP contribution in [0.15, 0.2) is 24.3 Å². The predicted molar refractivity (Wildman–Crippen MR) is 86.0 cm³/mol. The van der Waals surface area contributed by atoms with Gasteiger partial charge in [0, 0.05) is 17.4 Å². The van der Waals surface area contributed by atoms with Crippen LogP contribution in [0.4, 0.5) is 11.4 Å². The second-order valence-corrected chi connectivity index (χ2v) is 6.39. The van der Waals surface area contributed by atoms with E-state index in [9.17, 15) is 4.79 Å². The van der Waals surface area contributed by atoms with E-state index in [4.69, 9.17) is 5.73 Å². The van der Waals surface area contributed by atoms with Gasteiger partial charge in [0.1, 0.15) is 0 Å². The number of hydrogen-bond donors (Lipinski definition) is 2. The smallest absolute Gasteiger partial charge is 0.238 e. The lowest BCUT2D eigenvalue weighted by Crippen LogP contribution is -2.49. The van der Waals surface area contributed by atoms with E-state index in [1.165, 1.54) is 38.5 Å². The fraction of sp³-hybridized carbons (Fsp3) is 0.588. The van der Waals surface area contributed by atoms with Crippen LogP contribution in [0.5, 0.6) is 0 Å². The van der Waals surface area contributed by atoms with E-state index in [-0.39, 0.29) is 5.91 Å². The normalized spacial score (nSPS) is 26.1. The molecule has 114 valence electrons. The molecule has 2 atom stereocenters. The fourth-order valence-corrected chi connectivity index (χ4v) is 3.88. The maximum Gasteiger partial charge on any atom is 0.238 e. The van der Waals surface area contributed by atoms with E-state index < -0.39 is 0 Å². The fourth-order valence-electron chi connectivity index (χ4n) is 3.88. The second kappa shape index (κ2) is 6.48. The Morgan fingerprint density at radius 1 is 1.14 bits per heavy atom. The number of likely N-dealkylation sites (tertiary alicyclic amines) is 1. The Morgan fingerprint density at radius 3 is 2.67 bits per heavy atom. The summed E-state index contributed by atoms with van der Waals surface area (Å²) in [5.74, 6) is 0.905. The predicted octanol–water partition coefficient (Wildman–Crippen LogP) is 2.86. The monoisotopic (exact) mass is 287 g/mol. The molecule has 1 aromatic rings. The number of nitrogens with one attached hydrogen (secondary N) is 1. The highest BCUT2D eigenvalue weighted by Crippen LogP contribution is 2.35. The van der Waals surface area contributed by atoms with Gasteiger partial charge in [0.15, 0.2) is 0 Å². The highest BCUT2D eigenvalue weighted by molar-refractivity contribution is 5.92. The van der Waals surface area contributed by atoms with Gasteiger partial charge in [0.25, 0.3) is 0 Å². The molecular formula is C17H25N3O. The van der Waals surface area contributed by atoms with Crippen LogP contribution in [0.2, 0.25) is 0 Å². The third kappa shape index (κ3) is 3.56. The van der Waals surface area contributed by atoms with Crippen LogP contribution in [0.3, 0.4) is 0 Å². The molecule has 2 fully saturated rings. The van der Waals surface area contributed by atoms with Gasteiger partial charge < -0.3 is 11.1 Å². The summed E-state index contributed by atoms with van der Waals surface area (Å²) >= 11 is 0. The van der Waals surface area contributed by atoms with Crippen LogP contribution in [0.25, 0.3) is 0 Å². The number of anilines is 2. The van der Waals surface area contributed by atoms with E-state index in [1.807, 2.05) is 24.3 Å². The Morgan fingerprint density at radius 2 is 1.86 bits per heavy atom. The number of benzene rings is 1. The lowest BCUT2D eigenvalue weighted by atomic mass is 9.78. The van der Waals surface area contributed by atoms with Crippen LogP contribution in [-0.4, -0.2) is 29.9 Å². The zero-order valence-corrected chi connectivity index (χ0v) is 12.6. The highest BCUT2D eigenvalue weighted by atomic mass is 16.2. The molecular weight excluding hydrogens is 262 g/mol. The maximum absolute atomic E-state index is 12.3. The first kappa shape index (κ1) is 14.4. The van der Waals surface area contributed by atoms with Crippen LogP contribution in [0.1, 0.15) is 38.5 Å². The topological polar surface area (TPSA) is 58.4 Å². The molecule has 1 amide bonds. The molecule has 0 aromatic heterocycles. The van der Waals surface area contributed by atoms with Crippen molar-refractivity contribution in [3.05, 3.63) is 24.3 Å². The van der Waals surface area contributed by atoms with Gasteiger partial charge in [-0.05, 0) is 62.4 Å². The molecule has 1 saturated carbocycles. The Kier molecular flexibility index (Phi) is 4.44. The van der Waals surface area contributed by atoms with Gasteiger partial charge in [-0.25, -0.2) is 0 Å². The summed E-state index contributed by atoms with van der Waals surface area (Å²) in [4.78, 5) is 14.7. The summed E-state index contributed by atoms with van der Waals surface area (Å²) in [6.45, 7) is 1.59. The first-order chi connectivity index (χ1) is 10.2. The zero-order chi connectivity index (χ0) is 14.7. The van der Waals surface area contributed by atoms with Gasteiger partial charge in [-0.1, -0.05) is 12.8 Å². The number of nitrogens with zero attached hydrogens (tertiary/aromatic N) is 1. The maximum atomic E-state index is 12.3. The minimum Gasteiger partial charge on any atom is -0.399 e. The van der Waals surface area contributed by atoms with Crippen molar-refractivity contribution >= 4 is 17.3 Å². The summed E-state index contributed by atoms with van der Waals surface area (Å²) in [5.41, 5.74) is 7.20. The van der Waals surface area contributed by atoms with Crippen molar-refractivity contribution in [2.75, 3.05) is 24.1 Å². The second-order valence-electron chi connectivity index (χ2n) is 6.39. The highest BCUT2D eigenvalue weighted by Gasteiger charge is 2.33. The summed E-state index contributed by atoms with van der Waals surface area (Å²) in [6.07, 6.45) is 7.88. The Balaban J connectivity index is 1.57. The number of carbonyl (C=O) groups is 1. The Labute approximate surface area is 126 Å². The Bertz CT molecular complexity index is 483. The average molecular weight is 287 g/mol. The SMILES string of the molecule is Nc1ccc(NC(=O)CN2CCC[C@H]3CCCC[C@H]32)cc1. The van der Waals surface area contributed by atoms with Crippen molar-refractivity contribution in [3.63, 3.8) is 0 Å². The van der Waals surface area contributed by atoms with Crippen LogP contribution < -0.4 is 11.1 Å². The number of amides is 1. The molecule has 4 heteroatoms. The largest absolute Gasteiger partial charge is 0.399 e. The van der Waals surface area contributed by atoms with Crippen molar-refractivity contribution in [1.29, 1.82) is 0 Å². The molecule has 1 aliphatic heterocycles. The molecule has 0 spiro atoms. The molecule has 3 rings (SSSR count). The zero-order valence-electron chi connectivity index (χ0n) is 12.6. The van der Waals surface area contributed by atoms with E-state index in [1.54, 1.807) is 0 Å². The first-order valence-electron chi connectivity index (χ1n) is 8.12. The van der Waals surface area contributed by atoms with Crippen molar-refractivity contribution in [2.24, 2.45) is 5.92 Å². The van der Waals surface area contributed by atoms with Gasteiger partial charge in [0.05, 0.1) is 6.54 Å². The molecule has 1 aliphatic carbocycles. The lowest BCUT2D eigenvalue weighted by Gasteiger charge is -2.43. The molecule has 4 nitrogen and oxygen atoms in total. The summed E-state index contributed by atoms with van der Waals surface area (Å²) < 4.78 is 0. The van der Waals surface area contributed by atoms with E-state index in [2.05, 4.69) is 10.2 Å². The van der Waals surface area contributed by atoms with Crippen molar-refractivity contribution in [3.8, 4) is 0 Å². The number of hydrogen-bond acceptors (Lipinski definition) is 3. The van der Waals surface area contributed by atoms with Gasteiger partial charge in [0.2, 0.25) is 5.91 Å². The lowest BCUT2D eigenvalue weighted by molar-refractivity contribution is -0.118. The number of nitrogens with two attached hydrogens (primary N) is 1. The summed E-state index contributed by atoms with van der Waals surface area (Å²) in [7, 11) is 0. The number of carbonyl (C=O) groups excluding carboxylic acids is 1. The quantitative estimate of drug-likeness (QED) is 0.840. The summed E-state index contributed by atoms with van der Waals surface area (Å²) in [6, 6.07) is 7.96. The van der Waals surface area contributed by atoms with E-state index in [0.717, 1.165) is 18.2 Å². The van der Waals surface area contributed by atoms with Crippen molar-refractivity contribution in [2.45, 2.75) is 44.6 Å². The van der Waals surface area contributed by atoms with Crippen molar-refractivity contribution in [1.82, 2.24) is 4.90 Å². The number of piperidine rings is 1. The third-order valence-electron chi connectivity index (χ3n) is 4.90. The number of nitrogen functional groups attached to an aromatic ring is 1. The minimum absolute atomic E-state index is 0.0889. The molecule has 1 heterocycles. The Hall–Kier alpha value is -1.55. The van der Waals surface area contributed by atoms with Gasteiger partial charge in [-0.3, -0.25) is 9.69 Å². The molecule has 2 aliphatic rings. The van der Waals surface area contributed by atoms with Crippen LogP contribution in [0, 0.1) is 5.92 Å². The molecule has 0 bridgehead atoms. The average Bonchev–Trinajstić information content (AvgIpc) is 2.50. The van der Waals surface area contributed by atoms with Gasteiger partial charge >= 0.3 is 0 Å². The van der Waals surface area contributed by atoms with Crippen LogP contribution in [-0.2, 0) is 4.79 Å². The third-order valence-corrected chi connectivity index (χ3v) is 4.90. The van der Waals surface area contributed by atoms with Crippen molar-refractivity contribution < 1.29 is 4.79 Å². The molecule has 1 saturated heterocycles. The number of fused-ring (bicyclic) bond motifs is 1. The molecule has 1 aromatic carbocycles. The van der Waals surface area contributed by atoms with Gasteiger partial charge in [-0.2, -0.15) is 0 Å². The summed E-state index contributed by atoms with van der Waals surface area (Å²) in [5, 5.41) is 2.98. The van der Waals surface area contributed by atoms with E-state index in [0.29, 0.717) is 18.3 Å². The van der Waals surface area contributed by atoms with Crippen LogP contribution >= 0.6 is 0 Å². The standard InChI is InChI=1S/C17H25N3O/c18-14-7-9-15(10-8-14)19-17(21)12-20-11-3-5-13-4-1-2-6-16(13)20/h7-10,13,16H,1-6,11-12,18H2,(H,19,21)/t13-,16-/m1/s1.